The Labute approximate surface area is 784 Å². The van der Waals surface area contributed by atoms with Crippen molar-refractivity contribution >= 4 is 138 Å². The number of carbonyl (C=O) groups excluding carboxylic acids is 4. The maximum absolute atomic E-state index is 14.3. The van der Waals surface area contributed by atoms with Crippen molar-refractivity contribution in [1.82, 2.24) is 19.9 Å². The molecule has 16 nitrogen and oxygen atoms in total. The van der Waals surface area contributed by atoms with Gasteiger partial charge in [-0.25, -0.2) is 29.1 Å². The van der Waals surface area contributed by atoms with Gasteiger partial charge in [0.25, 0.3) is 0 Å². The van der Waals surface area contributed by atoms with E-state index in [4.69, 9.17) is 28.9 Å². The van der Waals surface area contributed by atoms with Gasteiger partial charge < -0.3 is 48.5 Å². The average molecular weight is 1760 g/mol. The predicted molar refractivity (Wildman–Crippen MR) is 545 cm³/mol. The number of aromatic amines is 2. The largest absolute Gasteiger partial charge is 0.423 e. The molecule has 3 aromatic heterocycles. The molecule has 5 heterocycles. The standard InChI is InChI=1S/C120H82N8O8/c129-117(85-41-57-97(58-42-85)125(89-25-9-1-10-26-89)90-27-11-2-12-28-90)133-101-65-49-81(50-66-101)113-105-73-75-107(121-105)114(82-51-67-102(68-52-82)134-118(130)86-43-59-98(60-44-86)126(91-29-13-3-14-30-91)92-31-15-4-16-32-92)109-77-79-111(123-109)116(84-55-71-104(72-56-84)136-120(132)88-47-63-100(64-48-88)128(95-37-21-7-22-38-95)96-39-23-8-24-40-96)112-80-78-110(124-112)115(108-76-74-106(113)122-108)83-53-69-103(70-54-83)135-119(131)87-45-61-99(62-46-87)127(93-33-17-5-18-34-93)94-35-19-6-20-36-94/h1-80,121,124H. The topological polar surface area (TPSA) is 176 Å². The molecule has 0 radical (unpaired) electrons. The minimum atomic E-state index is -0.532. The quantitative estimate of drug-likeness (QED) is 0.0432. The molecule has 16 heteroatoms. The number of hydrogen-bond donors (Lipinski definition) is 2. The van der Waals surface area contributed by atoms with E-state index in [1.165, 1.54) is 0 Å². The van der Waals surface area contributed by atoms with Crippen LogP contribution in [0.15, 0.2) is 461 Å². The fourth-order valence-corrected chi connectivity index (χ4v) is 17.2. The second kappa shape index (κ2) is 38.1. The van der Waals surface area contributed by atoms with Crippen molar-refractivity contribution in [3.63, 3.8) is 0 Å². The predicted octanol–water partition coefficient (Wildman–Crippen LogP) is 30.1. The number of H-pyrrole nitrogens is 2. The van der Waals surface area contributed by atoms with E-state index in [0.717, 1.165) is 90.5 Å². The summed E-state index contributed by atoms with van der Waals surface area (Å²) in [5, 5.41) is 0. The van der Waals surface area contributed by atoms with E-state index in [1.54, 1.807) is 97.1 Å². The van der Waals surface area contributed by atoms with Crippen molar-refractivity contribution in [1.29, 1.82) is 0 Å². The second-order valence-electron chi connectivity index (χ2n) is 32.4. The first-order chi connectivity index (χ1) is 67.0. The molecule has 0 saturated heterocycles. The Balaban J connectivity index is 0.661. The molecule has 0 spiro atoms. The molecule has 16 aromatic carbocycles. The minimum absolute atomic E-state index is 0.322. The van der Waals surface area contributed by atoms with Gasteiger partial charge >= 0.3 is 23.9 Å². The molecule has 19 aromatic rings. The lowest BCUT2D eigenvalue weighted by molar-refractivity contribution is 0.0725. The second-order valence-corrected chi connectivity index (χ2v) is 32.4. The Morgan fingerprint density at radius 1 is 0.176 bits per heavy atom. The highest BCUT2D eigenvalue weighted by Gasteiger charge is 2.25. The number of fused-ring (bicyclic) bond motifs is 8. The smallest absolute Gasteiger partial charge is 0.343 e. The van der Waals surface area contributed by atoms with Gasteiger partial charge in [0.05, 0.1) is 45.0 Å². The number of carbonyl (C=O) groups is 4. The van der Waals surface area contributed by atoms with E-state index >= 15 is 0 Å². The molecule has 21 rings (SSSR count). The maximum atomic E-state index is 14.3. The number of ether oxygens (including phenoxy) is 4. The fraction of sp³-hybridized carbons (Fsp3) is 0. The first-order valence-electron chi connectivity index (χ1n) is 44.5. The number of para-hydroxylation sites is 8. The molecule has 0 saturated carbocycles. The molecule has 0 amide bonds. The summed E-state index contributed by atoms with van der Waals surface area (Å²) >= 11 is 0. The van der Waals surface area contributed by atoms with Gasteiger partial charge in [0.1, 0.15) is 23.0 Å². The van der Waals surface area contributed by atoms with Gasteiger partial charge in [-0.1, -0.05) is 194 Å². The van der Waals surface area contributed by atoms with Gasteiger partial charge in [-0.05, 0) is 313 Å². The zero-order valence-electron chi connectivity index (χ0n) is 73.1. The third-order valence-electron chi connectivity index (χ3n) is 23.7. The molecule has 0 unspecified atom stereocenters. The van der Waals surface area contributed by atoms with Crippen molar-refractivity contribution < 1.29 is 38.1 Å². The molecule has 2 aliphatic heterocycles. The van der Waals surface area contributed by atoms with Crippen LogP contribution >= 0.6 is 0 Å². The van der Waals surface area contributed by atoms with Crippen LogP contribution in [0.1, 0.15) is 64.2 Å². The lowest BCUT2D eigenvalue weighted by atomic mass is 10.0. The molecule has 0 atom stereocenters. The van der Waals surface area contributed by atoms with Crippen molar-refractivity contribution in [3.8, 4) is 67.5 Å². The summed E-state index contributed by atoms with van der Waals surface area (Å²) in [6.07, 6.45) is 7.95. The van der Waals surface area contributed by atoms with Gasteiger partial charge in [0.2, 0.25) is 0 Å². The van der Waals surface area contributed by atoms with E-state index < -0.39 is 23.9 Å². The molecule has 2 N–H and O–H groups in total. The normalized spacial score (nSPS) is 11.3. The fourth-order valence-electron chi connectivity index (χ4n) is 17.2. The summed E-state index contributed by atoms with van der Waals surface area (Å²) < 4.78 is 24.7. The van der Waals surface area contributed by atoms with Crippen molar-refractivity contribution in [2.75, 3.05) is 19.6 Å². The van der Waals surface area contributed by atoms with Gasteiger partial charge in [-0.2, -0.15) is 0 Å². The van der Waals surface area contributed by atoms with Crippen LogP contribution < -0.4 is 38.5 Å². The number of rotatable bonds is 24. The van der Waals surface area contributed by atoms with Crippen LogP contribution in [0.4, 0.5) is 68.2 Å². The number of aromatic nitrogens is 4. The maximum Gasteiger partial charge on any atom is 0.343 e. The van der Waals surface area contributed by atoms with E-state index in [9.17, 15) is 19.2 Å². The zero-order valence-corrected chi connectivity index (χ0v) is 73.1. The first kappa shape index (κ1) is 84.1. The summed E-state index contributed by atoms with van der Waals surface area (Å²) in [5.41, 5.74) is 23.6. The number of benzene rings is 16. The van der Waals surface area contributed by atoms with E-state index in [0.29, 0.717) is 112 Å². The third-order valence-corrected chi connectivity index (χ3v) is 23.7. The van der Waals surface area contributed by atoms with Crippen LogP contribution in [0.3, 0.4) is 0 Å². The van der Waals surface area contributed by atoms with Gasteiger partial charge in [-0.3, -0.25) is 0 Å². The van der Waals surface area contributed by atoms with Crippen molar-refractivity contribution in [2.24, 2.45) is 0 Å². The summed E-state index contributed by atoms with van der Waals surface area (Å²) in [4.78, 5) is 84.5. The number of nitrogens with zero attached hydrogens (tertiary/aromatic N) is 6. The van der Waals surface area contributed by atoms with Crippen molar-refractivity contribution in [3.05, 3.63) is 506 Å². The monoisotopic (exact) mass is 1760 g/mol. The van der Waals surface area contributed by atoms with Gasteiger partial charge in [0, 0.05) is 113 Å². The van der Waals surface area contributed by atoms with Crippen LogP contribution in [-0.4, -0.2) is 43.8 Å². The van der Waals surface area contributed by atoms with Crippen LogP contribution in [-0.2, 0) is 0 Å². The Morgan fingerprint density at radius 2 is 0.331 bits per heavy atom. The van der Waals surface area contributed by atoms with Crippen LogP contribution in [0.2, 0.25) is 0 Å². The number of esters is 4. The van der Waals surface area contributed by atoms with Gasteiger partial charge in [0.15, 0.2) is 0 Å². The molecule has 0 fully saturated rings. The Bertz CT molecular complexity index is 6730. The molecule has 650 valence electrons. The third kappa shape index (κ3) is 18.0. The Kier molecular flexibility index (Phi) is 23.5. The summed E-state index contributed by atoms with van der Waals surface area (Å²) in [6.45, 7) is 0. The van der Waals surface area contributed by atoms with Crippen LogP contribution in [0, 0.1) is 0 Å². The van der Waals surface area contributed by atoms with Crippen LogP contribution in [0.25, 0.3) is 90.9 Å². The molecule has 0 aliphatic carbocycles. The number of hydrogen-bond acceptors (Lipinski definition) is 14. The minimum Gasteiger partial charge on any atom is -0.423 e. The molecular weight excluding hydrogens is 1680 g/mol. The molecular formula is C120H82N8O8. The molecule has 136 heavy (non-hydrogen) atoms. The Morgan fingerprint density at radius 3 is 0.493 bits per heavy atom. The van der Waals surface area contributed by atoms with Crippen LogP contribution in [0.5, 0.6) is 23.0 Å². The first-order valence-corrected chi connectivity index (χ1v) is 44.5. The summed E-state index contributed by atoms with van der Waals surface area (Å²) in [5.74, 6) is -0.841. The molecule has 2 aliphatic rings. The lowest BCUT2D eigenvalue weighted by Gasteiger charge is -2.25. The highest BCUT2D eigenvalue weighted by molar-refractivity contribution is 6.02. The molecule has 8 bridgehead atoms. The number of anilines is 12. The number of nitrogens with one attached hydrogen (secondary N) is 2. The summed E-state index contributed by atoms with van der Waals surface area (Å²) in [6, 6.07) is 148. The lowest BCUT2D eigenvalue weighted by Crippen LogP contribution is -2.11. The van der Waals surface area contributed by atoms with E-state index in [-0.39, 0.29) is 0 Å². The Hall–Kier alpha value is -18.8. The van der Waals surface area contributed by atoms with E-state index in [2.05, 4.69) is 29.6 Å². The average Bonchev–Trinajstić information content (AvgIpc) is 1.62. The van der Waals surface area contributed by atoms with Crippen molar-refractivity contribution in [2.45, 2.75) is 0 Å². The van der Waals surface area contributed by atoms with Gasteiger partial charge in [-0.15, -0.1) is 0 Å². The zero-order chi connectivity index (χ0) is 91.6. The van der Waals surface area contributed by atoms with E-state index in [1.807, 2.05) is 388 Å². The highest BCUT2D eigenvalue weighted by atomic mass is 16.5. The summed E-state index contributed by atoms with van der Waals surface area (Å²) in [7, 11) is 0. The SMILES string of the molecule is O=C(Oc1ccc(-c2c3nc(c(-c4ccc(OC(=O)c5ccc(N(c6ccccc6)c6ccccc6)cc5)cc4)c4ccc([nH]4)c(-c4ccc(OC(=O)c5ccc(N(c6ccccc6)c6ccccc6)cc5)cc4)c4nc(c(-c5ccc(OC(=O)c6ccc(N(c7ccccc7)c7ccccc7)cc6)cc5)c5ccc2[nH]5)C=C4)C=C3)cc1)c1ccc(N(c2ccccc2)c2ccccc2)cc1. The highest BCUT2D eigenvalue weighted by Crippen LogP contribution is 2.44.